The second-order valence-electron chi connectivity index (χ2n) is 4.61. The Morgan fingerprint density at radius 1 is 1.14 bits per heavy atom. The lowest BCUT2D eigenvalue weighted by Gasteiger charge is -2.36. The Kier molecular flexibility index (Phi) is 4.56. The van der Waals surface area contributed by atoms with Gasteiger partial charge in [0.25, 0.3) is 0 Å². The zero-order valence-corrected chi connectivity index (χ0v) is 12.3. The lowest BCUT2D eigenvalue weighted by atomic mass is 9.87. The van der Waals surface area contributed by atoms with Crippen molar-refractivity contribution in [2.24, 2.45) is 0 Å². The average Bonchev–Trinajstić information content (AvgIpc) is 2.44. The van der Waals surface area contributed by atoms with E-state index in [1.54, 1.807) is 13.8 Å². The molecule has 0 amide bonds. The van der Waals surface area contributed by atoms with Crippen molar-refractivity contribution >= 4 is 21.6 Å². The third-order valence-electron chi connectivity index (χ3n) is 3.44. The summed E-state index contributed by atoms with van der Waals surface area (Å²) in [5.74, 6) is -5.16. The predicted octanol–water partition coefficient (Wildman–Crippen LogP) is 2.97. The van der Waals surface area contributed by atoms with Gasteiger partial charge in [-0.3, -0.25) is 0 Å². The van der Waals surface area contributed by atoms with Crippen molar-refractivity contribution in [3.8, 4) is 6.07 Å². The Balaban J connectivity index is 2.75. The fourth-order valence-corrected chi connectivity index (χ4v) is 3.16. The van der Waals surface area contributed by atoms with E-state index in [2.05, 4.69) is 4.85 Å². The van der Waals surface area contributed by atoms with Crippen molar-refractivity contribution in [1.29, 1.82) is 5.26 Å². The van der Waals surface area contributed by atoms with Crippen LogP contribution in [-0.4, -0.2) is 28.1 Å². The van der Waals surface area contributed by atoms with Crippen LogP contribution in [0.2, 0.25) is 0 Å². The molecule has 0 spiro atoms. The number of hydrogen-bond donors (Lipinski definition) is 0. The van der Waals surface area contributed by atoms with Crippen molar-refractivity contribution in [3.05, 3.63) is 40.0 Å². The van der Waals surface area contributed by atoms with Gasteiger partial charge in [0, 0.05) is 23.7 Å². The number of benzene rings is 1. The van der Waals surface area contributed by atoms with Crippen molar-refractivity contribution in [3.63, 3.8) is 0 Å². The molecular weight excluding hydrogens is 300 g/mol. The monoisotopic (exact) mass is 309 g/mol. The van der Waals surface area contributed by atoms with Crippen LogP contribution in [0.3, 0.4) is 0 Å². The number of rotatable bonds is 1. The summed E-state index contributed by atoms with van der Waals surface area (Å²) in [5.41, 5.74) is -2.22. The van der Waals surface area contributed by atoms with E-state index in [4.69, 9.17) is 19.4 Å². The SMILES string of the molecule is [C-]#[N+]c1c(F)c(C#N)c(F)c(F)c1C1C(C)[O][Al][O]C1C. The maximum atomic E-state index is 14.3. The van der Waals surface area contributed by atoms with Crippen LogP contribution in [0.25, 0.3) is 4.85 Å². The molecule has 2 atom stereocenters. The van der Waals surface area contributed by atoms with Gasteiger partial charge < -0.3 is 7.58 Å². The third-order valence-corrected chi connectivity index (χ3v) is 4.52. The molecule has 8 heteroatoms. The van der Waals surface area contributed by atoms with Crippen LogP contribution in [0.4, 0.5) is 18.9 Å². The summed E-state index contributed by atoms with van der Waals surface area (Å²) in [6.45, 7) is 10.3. The third kappa shape index (κ3) is 2.52. The Morgan fingerprint density at radius 2 is 1.71 bits per heavy atom. The van der Waals surface area contributed by atoms with Crippen LogP contribution in [-0.2, 0) is 7.58 Å². The van der Waals surface area contributed by atoms with Crippen molar-refractivity contribution in [2.75, 3.05) is 0 Å². The molecule has 1 aromatic rings. The Labute approximate surface area is 126 Å². The maximum absolute atomic E-state index is 14.3. The van der Waals surface area contributed by atoms with Gasteiger partial charge in [-0.1, -0.05) is 0 Å². The van der Waals surface area contributed by atoms with E-state index in [1.165, 1.54) is 6.07 Å². The number of hydrogen-bond acceptors (Lipinski definition) is 3. The Hall–Kier alpha value is -1.56. The quantitative estimate of drug-likeness (QED) is 0.455. The van der Waals surface area contributed by atoms with Gasteiger partial charge in [0.2, 0.25) is 5.69 Å². The number of nitrogens with zero attached hydrogens (tertiary/aromatic N) is 2. The Morgan fingerprint density at radius 3 is 2.19 bits per heavy atom. The highest BCUT2D eigenvalue weighted by Gasteiger charge is 2.38. The van der Waals surface area contributed by atoms with Gasteiger partial charge in [-0.2, -0.15) is 5.26 Å². The molecule has 0 bridgehead atoms. The standard InChI is InChI=1S/C13H9F3N2O2.Al/c1-5(19)8(6(2)20)9-12(16)10(14)7(4-17)11(15)13(9)18-3;/h5-6,8H,1-2H3;/q-2;+2. The first kappa shape index (κ1) is 15.8. The highest BCUT2D eigenvalue weighted by Crippen LogP contribution is 2.41. The second kappa shape index (κ2) is 6.05. The van der Waals surface area contributed by atoms with Crippen molar-refractivity contribution < 1.29 is 20.7 Å². The lowest BCUT2D eigenvalue weighted by molar-refractivity contribution is 0.0247. The van der Waals surface area contributed by atoms with Crippen molar-refractivity contribution in [2.45, 2.75) is 32.0 Å². The number of halogens is 3. The predicted molar refractivity (Wildman–Crippen MR) is 66.9 cm³/mol. The van der Waals surface area contributed by atoms with Crippen LogP contribution in [0.5, 0.6) is 0 Å². The second-order valence-corrected chi connectivity index (χ2v) is 5.34. The van der Waals surface area contributed by atoms with Gasteiger partial charge in [0.1, 0.15) is 11.6 Å². The fraction of sp³-hybridized carbons (Fsp3) is 0.385. The molecule has 1 fully saturated rings. The molecule has 0 N–H and O–H groups in total. The summed E-state index contributed by atoms with van der Waals surface area (Å²) >= 11 is -0.743. The molecule has 2 rings (SSSR count). The van der Waals surface area contributed by atoms with Crippen LogP contribution in [0, 0.1) is 35.4 Å². The molecule has 0 aliphatic carbocycles. The van der Waals surface area contributed by atoms with E-state index in [9.17, 15) is 13.2 Å². The minimum atomic E-state index is -1.59. The average molecular weight is 309 g/mol. The zero-order chi connectivity index (χ0) is 15.7. The molecular formula is C13H9AlF3N2O2. The first-order valence-corrected chi connectivity index (χ1v) is 6.98. The van der Waals surface area contributed by atoms with E-state index in [0.29, 0.717) is 0 Å². The molecule has 1 heterocycles. The summed E-state index contributed by atoms with van der Waals surface area (Å²) in [5, 5.41) is 8.70. The molecule has 0 aromatic heterocycles. The maximum Gasteiger partial charge on any atom is 0.668 e. The van der Waals surface area contributed by atoms with Gasteiger partial charge in [0.15, 0.2) is 17.5 Å². The van der Waals surface area contributed by atoms with Crippen molar-refractivity contribution in [1.82, 2.24) is 0 Å². The summed E-state index contributed by atoms with van der Waals surface area (Å²) in [6.07, 6.45) is -1.10. The molecule has 1 aromatic carbocycles. The largest absolute Gasteiger partial charge is 0.668 e. The summed E-state index contributed by atoms with van der Waals surface area (Å²) in [6, 6.07) is 1.24. The number of nitriles is 1. The minimum absolute atomic E-state index is 0.432. The van der Waals surface area contributed by atoms with Gasteiger partial charge in [-0.25, -0.2) is 18.0 Å². The fourth-order valence-electron chi connectivity index (χ4n) is 2.40. The summed E-state index contributed by atoms with van der Waals surface area (Å²) in [7, 11) is 0. The first-order valence-electron chi connectivity index (χ1n) is 6.04. The van der Waals surface area contributed by atoms with Gasteiger partial charge in [-0.15, -0.1) is 0 Å². The van der Waals surface area contributed by atoms with Gasteiger partial charge in [-0.05, 0) is 13.8 Å². The normalized spacial score (nSPS) is 24.8. The molecule has 4 nitrogen and oxygen atoms in total. The zero-order valence-electron chi connectivity index (χ0n) is 11.2. The molecule has 0 saturated carbocycles. The van der Waals surface area contributed by atoms with Crippen LogP contribution in [0.1, 0.15) is 30.9 Å². The van der Waals surface area contributed by atoms with E-state index in [-0.39, 0.29) is 0 Å². The van der Waals surface area contributed by atoms with E-state index < -0.39 is 68.3 Å². The smallest absolute Gasteiger partial charge is 0.481 e. The van der Waals surface area contributed by atoms with Gasteiger partial charge in [0.05, 0.1) is 6.57 Å². The minimum Gasteiger partial charge on any atom is -0.481 e. The molecule has 1 saturated heterocycles. The highest BCUT2D eigenvalue weighted by atomic mass is 27.2. The van der Waals surface area contributed by atoms with Crippen LogP contribution >= 0.6 is 0 Å². The van der Waals surface area contributed by atoms with Crippen LogP contribution < -0.4 is 0 Å². The first-order chi connectivity index (χ1) is 9.93. The van der Waals surface area contributed by atoms with E-state index in [1.807, 2.05) is 0 Å². The van der Waals surface area contributed by atoms with E-state index >= 15 is 0 Å². The Bertz CT molecular complexity index is 659. The molecule has 1 radical (unpaired) electrons. The topological polar surface area (TPSA) is 46.6 Å². The summed E-state index contributed by atoms with van der Waals surface area (Å²) < 4.78 is 52.7. The molecule has 21 heavy (non-hydrogen) atoms. The molecule has 1 aliphatic rings. The highest BCUT2D eigenvalue weighted by molar-refractivity contribution is 6.18. The van der Waals surface area contributed by atoms with E-state index in [0.717, 1.165) is 0 Å². The lowest BCUT2D eigenvalue weighted by Crippen LogP contribution is -2.39. The summed E-state index contributed by atoms with van der Waals surface area (Å²) in [4.78, 5) is 2.94. The molecule has 2 unspecified atom stereocenters. The van der Waals surface area contributed by atoms with Gasteiger partial charge >= 0.3 is 15.9 Å². The molecule has 107 valence electrons. The van der Waals surface area contributed by atoms with Crippen LogP contribution in [0.15, 0.2) is 0 Å². The molecule has 1 aliphatic heterocycles.